The van der Waals surface area contributed by atoms with E-state index in [2.05, 4.69) is 28.0 Å². The summed E-state index contributed by atoms with van der Waals surface area (Å²) in [5, 5.41) is 11.7. The van der Waals surface area contributed by atoms with E-state index in [0.29, 0.717) is 15.7 Å². The minimum Gasteiger partial charge on any atom is -0.507 e. The standard InChI is InChI=1S/C33H31ClN4O3S/c34-24-11-15-28(30(39)19-24)29-7-3-4-22-18-23(32(40)36-37-33(42)38-17-16-35-20-38)10-14-27(22)31(29)21-8-12-26(13-9-21)41-25-5-1-2-6-25/h8-20,25,39H,1-7H2,(H,36,40)(H,37,42). The Kier molecular flexibility index (Phi) is 8.26. The molecule has 7 nitrogen and oxygen atoms in total. The van der Waals surface area contributed by atoms with Crippen molar-refractivity contribution in [1.82, 2.24) is 20.4 Å². The Hall–Kier alpha value is -4.14. The van der Waals surface area contributed by atoms with Crippen molar-refractivity contribution in [3.8, 4) is 11.5 Å². The summed E-state index contributed by atoms with van der Waals surface area (Å²) in [7, 11) is 0. The molecule has 9 heteroatoms. The molecular weight excluding hydrogens is 568 g/mol. The van der Waals surface area contributed by atoms with Gasteiger partial charge in [-0.25, -0.2) is 4.98 Å². The second kappa shape index (κ2) is 12.4. The van der Waals surface area contributed by atoms with E-state index in [1.54, 1.807) is 35.4 Å². The highest BCUT2D eigenvalue weighted by atomic mass is 35.5. The molecule has 1 amide bonds. The number of ether oxygens (including phenoxy) is 1. The van der Waals surface area contributed by atoms with Crippen LogP contribution in [0.4, 0.5) is 0 Å². The minimum atomic E-state index is -0.293. The fraction of sp³-hybridized carbons (Fsp3) is 0.242. The van der Waals surface area contributed by atoms with Crippen LogP contribution in [0.5, 0.6) is 11.5 Å². The molecule has 2 aliphatic rings. The lowest BCUT2D eigenvalue weighted by atomic mass is 9.87. The molecule has 0 atom stereocenters. The third-order valence-corrected chi connectivity index (χ3v) is 8.41. The minimum absolute atomic E-state index is 0.149. The molecule has 0 aliphatic heterocycles. The summed E-state index contributed by atoms with van der Waals surface area (Å²) in [6, 6.07) is 19.3. The number of aromatic nitrogens is 2. The quantitative estimate of drug-likeness (QED) is 0.171. The lowest BCUT2D eigenvalue weighted by Crippen LogP contribution is -2.43. The zero-order valence-electron chi connectivity index (χ0n) is 23.0. The molecule has 214 valence electrons. The zero-order chi connectivity index (χ0) is 29.1. The van der Waals surface area contributed by atoms with E-state index in [1.165, 1.54) is 12.8 Å². The van der Waals surface area contributed by atoms with Crippen LogP contribution in [0.3, 0.4) is 0 Å². The van der Waals surface area contributed by atoms with Crippen molar-refractivity contribution in [3.05, 3.63) is 112 Å². The molecule has 0 saturated heterocycles. The molecule has 0 unspecified atom stereocenters. The molecule has 0 spiro atoms. The van der Waals surface area contributed by atoms with Crippen molar-refractivity contribution in [2.24, 2.45) is 0 Å². The number of hydrogen-bond donors (Lipinski definition) is 3. The number of thiocarbonyl (C=S) groups is 1. The molecule has 4 aromatic rings. The van der Waals surface area contributed by atoms with Gasteiger partial charge >= 0.3 is 0 Å². The lowest BCUT2D eigenvalue weighted by molar-refractivity contribution is 0.0943. The van der Waals surface area contributed by atoms with Crippen molar-refractivity contribution < 1.29 is 14.6 Å². The number of rotatable bonds is 5. The molecule has 2 aliphatic carbocycles. The Bertz CT molecular complexity index is 1640. The normalized spacial score (nSPS) is 15.2. The van der Waals surface area contributed by atoms with Gasteiger partial charge in [0.1, 0.15) is 17.8 Å². The number of halogens is 1. The molecule has 42 heavy (non-hydrogen) atoms. The van der Waals surface area contributed by atoms with Crippen molar-refractivity contribution in [3.63, 3.8) is 0 Å². The Morgan fingerprint density at radius 1 is 0.976 bits per heavy atom. The fourth-order valence-corrected chi connectivity index (χ4v) is 6.14. The first-order valence-electron chi connectivity index (χ1n) is 14.2. The number of amides is 1. The van der Waals surface area contributed by atoms with Crippen LogP contribution in [-0.2, 0) is 6.42 Å². The Balaban J connectivity index is 1.35. The van der Waals surface area contributed by atoms with Gasteiger partial charge in [-0.15, -0.1) is 0 Å². The van der Waals surface area contributed by atoms with E-state index in [4.69, 9.17) is 28.6 Å². The van der Waals surface area contributed by atoms with Gasteiger partial charge in [0.2, 0.25) is 0 Å². The summed E-state index contributed by atoms with van der Waals surface area (Å²) in [4.78, 5) is 17.0. The molecule has 1 saturated carbocycles. The van der Waals surface area contributed by atoms with E-state index >= 15 is 0 Å². The first kappa shape index (κ1) is 28.0. The van der Waals surface area contributed by atoms with Crippen LogP contribution in [0, 0.1) is 0 Å². The summed E-state index contributed by atoms with van der Waals surface area (Å²) >= 11 is 11.5. The number of imidazole rings is 1. The first-order valence-corrected chi connectivity index (χ1v) is 15.0. The maximum atomic E-state index is 13.1. The highest BCUT2D eigenvalue weighted by Crippen LogP contribution is 2.43. The molecule has 6 rings (SSSR count). The number of phenols is 1. The molecule has 3 N–H and O–H groups in total. The Morgan fingerprint density at radius 3 is 2.50 bits per heavy atom. The predicted molar refractivity (Wildman–Crippen MR) is 169 cm³/mol. The summed E-state index contributed by atoms with van der Waals surface area (Å²) in [5.41, 5.74) is 11.9. The number of benzene rings is 3. The third kappa shape index (κ3) is 6.05. The summed E-state index contributed by atoms with van der Waals surface area (Å²) in [6.45, 7) is 0. The number of phenolic OH excluding ortho intramolecular Hbond substituents is 1. The molecule has 0 radical (unpaired) electrons. The maximum absolute atomic E-state index is 13.1. The van der Waals surface area contributed by atoms with Crippen LogP contribution in [0.1, 0.15) is 71.1 Å². The van der Waals surface area contributed by atoms with E-state index in [-0.39, 0.29) is 17.8 Å². The lowest BCUT2D eigenvalue weighted by Gasteiger charge is -2.19. The van der Waals surface area contributed by atoms with Crippen molar-refractivity contribution in [2.45, 2.75) is 51.0 Å². The van der Waals surface area contributed by atoms with Gasteiger partial charge in [0.25, 0.3) is 5.91 Å². The Morgan fingerprint density at radius 2 is 1.76 bits per heavy atom. The van der Waals surface area contributed by atoms with E-state index in [1.807, 2.05) is 36.4 Å². The average molecular weight is 599 g/mol. The van der Waals surface area contributed by atoms with Gasteiger partial charge in [0.15, 0.2) is 5.11 Å². The smallest absolute Gasteiger partial charge is 0.269 e. The van der Waals surface area contributed by atoms with E-state index in [9.17, 15) is 9.90 Å². The maximum Gasteiger partial charge on any atom is 0.269 e. The van der Waals surface area contributed by atoms with Crippen LogP contribution < -0.4 is 15.6 Å². The summed E-state index contributed by atoms with van der Waals surface area (Å²) < 4.78 is 7.82. The topological polar surface area (TPSA) is 88.4 Å². The molecule has 3 aromatic carbocycles. The molecule has 0 bridgehead atoms. The summed E-state index contributed by atoms with van der Waals surface area (Å²) in [5.74, 6) is 0.721. The molecular formula is C33H31ClN4O3S. The number of aryl methyl sites for hydroxylation is 1. The number of nitrogens with zero attached hydrogens (tertiary/aromatic N) is 2. The number of aromatic hydroxyl groups is 1. The van der Waals surface area contributed by atoms with Crippen LogP contribution in [0.2, 0.25) is 5.02 Å². The number of hydrogen-bond acceptors (Lipinski definition) is 5. The fourth-order valence-electron chi connectivity index (χ4n) is 5.81. The molecule has 1 aromatic heterocycles. The summed E-state index contributed by atoms with van der Waals surface area (Å²) in [6.07, 6.45) is 12.2. The predicted octanol–water partition coefficient (Wildman–Crippen LogP) is 6.93. The first-order chi connectivity index (χ1) is 20.5. The van der Waals surface area contributed by atoms with Crippen LogP contribution >= 0.6 is 23.8 Å². The number of carbonyl (C=O) groups is 1. The van der Waals surface area contributed by atoms with Gasteiger partial charge in [-0.05, 0) is 127 Å². The largest absolute Gasteiger partial charge is 0.507 e. The number of allylic oxidation sites excluding steroid dienone is 1. The van der Waals surface area contributed by atoms with Gasteiger partial charge in [-0.3, -0.25) is 20.2 Å². The van der Waals surface area contributed by atoms with Gasteiger partial charge < -0.3 is 9.84 Å². The van der Waals surface area contributed by atoms with Crippen LogP contribution in [0.25, 0.3) is 11.1 Å². The highest BCUT2D eigenvalue weighted by molar-refractivity contribution is 7.80. The number of carbonyl (C=O) groups excluding carboxylic acids is 1. The zero-order valence-corrected chi connectivity index (χ0v) is 24.5. The van der Waals surface area contributed by atoms with Gasteiger partial charge in [0, 0.05) is 28.5 Å². The van der Waals surface area contributed by atoms with Crippen LogP contribution in [-0.4, -0.2) is 31.8 Å². The third-order valence-electron chi connectivity index (χ3n) is 7.87. The molecule has 1 heterocycles. The second-order valence-electron chi connectivity index (χ2n) is 10.6. The number of fused-ring (bicyclic) bond motifs is 1. The number of hydrazine groups is 1. The monoisotopic (exact) mass is 598 g/mol. The second-order valence-corrected chi connectivity index (χ2v) is 11.5. The average Bonchev–Trinajstić information content (AvgIpc) is 3.69. The van der Waals surface area contributed by atoms with Crippen molar-refractivity contribution >= 4 is 46.0 Å². The van der Waals surface area contributed by atoms with Gasteiger partial charge in [-0.1, -0.05) is 29.8 Å². The number of nitrogens with one attached hydrogen (secondary N) is 2. The van der Waals surface area contributed by atoms with Crippen LogP contribution in [0.15, 0.2) is 79.4 Å². The van der Waals surface area contributed by atoms with Crippen molar-refractivity contribution in [1.29, 1.82) is 0 Å². The van der Waals surface area contributed by atoms with Gasteiger partial charge in [-0.2, -0.15) is 0 Å². The van der Waals surface area contributed by atoms with E-state index < -0.39 is 0 Å². The highest BCUT2D eigenvalue weighted by Gasteiger charge is 2.24. The van der Waals surface area contributed by atoms with Gasteiger partial charge in [0.05, 0.1) is 6.10 Å². The Labute approximate surface area is 255 Å². The van der Waals surface area contributed by atoms with Crippen molar-refractivity contribution in [2.75, 3.05) is 0 Å². The van der Waals surface area contributed by atoms with E-state index in [0.717, 1.165) is 71.3 Å². The molecule has 1 fully saturated rings. The SMILES string of the molecule is O=C(NNC(=S)n1ccnc1)c1ccc2c(c1)CCCC(c1ccc(Cl)cc1O)=C2c1ccc(OC2CCCC2)cc1.